The molecule has 1 aromatic carbocycles. The van der Waals surface area contributed by atoms with Gasteiger partial charge in [-0.2, -0.15) is 0 Å². The molecule has 1 aromatic rings. The van der Waals surface area contributed by atoms with Crippen LogP contribution in [0.25, 0.3) is 0 Å². The summed E-state index contributed by atoms with van der Waals surface area (Å²) >= 11 is 0. The van der Waals surface area contributed by atoms with Crippen molar-refractivity contribution in [3.8, 4) is 0 Å². The Kier molecular flexibility index (Phi) is 13.0. The van der Waals surface area contributed by atoms with Gasteiger partial charge in [-0.3, -0.25) is 0 Å². The highest BCUT2D eigenvalue weighted by atomic mass is 16.8. The van der Waals surface area contributed by atoms with Crippen molar-refractivity contribution in [3.63, 3.8) is 0 Å². The molecular formula is C47H68O14. The monoisotopic (exact) mass is 856 g/mol. The van der Waals surface area contributed by atoms with E-state index in [4.69, 9.17) is 28.4 Å². The van der Waals surface area contributed by atoms with Crippen molar-refractivity contribution in [1.29, 1.82) is 0 Å². The fourth-order valence-electron chi connectivity index (χ4n) is 13.1. The van der Waals surface area contributed by atoms with Crippen molar-refractivity contribution in [2.24, 2.45) is 46.3 Å². The van der Waals surface area contributed by atoms with Crippen LogP contribution in [-0.2, 0) is 28.4 Å². The van der Waals surface area contributed by atoms with Gasteiger partial charge in [0.05, 0.1) is 30.5 Å². The quantitative estimate of drug-likeness (QED) is 0.140. The van der Waals surface area contributed by atoms with E-state index in [1.165, 1.54) is 5.57 Å². The average Bonchev–Trinajstić information content (AvgIpc) is 3.57. The molecule has 4 aliphatic carbocycles. The normalized spacial score (nSPS) is 48.1. The second-order valence-electron chi connectivity index (χ2n) is 19.9. The molecule has 14 heteroatoms. The number of carbonyl (C=O) groups is 1. The topological polar surface area (TPSA) is 214 Å². The number of carbonyl (C=O) groups excluding carboxylic acids is 1. The summed E-state index contributed by atoms with van der Waals surface area (Å²) in [6.45, 7) is 11.6. The van der Waals surface area contributed by atoms with Crippen LogP contribution in [-0.4, -0.2) is 135 Å². The van der Waals surface area contributed by atoms with Crippen LogP contribution in [0.5, 0.6) is 0 Å². The van der Waals surface area contributed by atoms with Crippen LogP contribution in [0, 0.1) is 53.3 Å². The zero-order valence-electron chi connectivity index (χ0n) is 36.3. The van der Waals surface area contributed by atoms with E-state index in [0.29, 0.717) is 24.7 Å². The molecule has 0 spiro atoms. The van der Waals surface area contributed by atoms with Gasteiger partial charge in [0.2, 0.25) is 0 Å². The molecule has 6 fully saturated rings. The summed E-state index contributed by atoms with van der Waals surface area (Å²) in [6, 6.07) is 6.73. The minimum absolute atomic E-state index is 0.0954. The Labute approximate surface area is 358 Å². The lowest BCUT2D eigenvalue weighted by molar-refractivity contribution is -0.369. The largest absolute Gasteiger partial charge is 0.453 e. The molecule has 3 aliphatic heterocycles. The fourth-order valence-corrected chi connectivity index (χ4v) is 13.1. The van der Waals surface area contributed by atoms with Gasteiger partial charge in [-0.15, -0.1) is 0 Å². The highest BCUT2D eigenvalue weighted by molar-refractivity contribution is 5.89. The van der Waals surface area contributed by atoms with Crippen LogP contribution >= 0.6 is 0 Å². The number of aryl methyl sites for hydroxylation is 1. The van der Waals surface area contributed by atoms with Crippen molar-refractivity contribution in [3.05, 3.63) is 58.7 Å². The van der Waals surface area contributed by atoms with Crippen LogP contribution in [0.2, 0.25) is 0 Å². The number of aliphatic hydroxyl groups excluding tert-OH is 7. The highest BCUT2D eigenvalue weighted by Crippen LogP contribution is 2.69. The number of hydrogen-bond acceptors (Lipinski definition) is 14. The first-order valence-electron chi connectivity index (χ1n) is 22.5. The summed E-state index contributed by atoms with van der Waals surface area (Å²) in [5.74, 6) is 0.533. The van der Waals surface area contributed by atoms with Gasteiger partial charge in [-0.25, -0.2) is 4.79 Å². The molecular weight excluding hydrogens is 789 g/mol. The number of benzene rings is 1. The molecule has 3 saturated heterocycles. The van der Waals surface area contributed by atoms with Crippen molar-refractivity contribution in [2.45, 2.75) is 166 Å². The predicted molar refractivity (Wildman–Crippen MR) is 219 cm³/mol. The molecule has 21 atom stereocenters. The van der Waals surface area contributed by atoms with Crippen molar-refractivity contribution in [1.82, 2.24) is 0 Å². The van der Waals surface area contributed by atoms with Gasteiger partial charge in [-0.1, -0.05) is 54.8 Å². The van der Waals surface area contributed by atoms with E-state index in [2.05, 4.69) is 26.0 Å². The van der Waals surface area contributed by atoms with Gasteiger partial charge >= 0.3 is 5.97 Å². The van der Waals surface area contributed by atoms with Crippen molar-refractivity contribution >= 4 is 5.97 Å². The summed E-state index contributed by atoms with van der Waals surface area (Å²) in [7, 11) is 0. The molecule has 8 rings (SSSR count). The smallest absolute Gasteiger partial charge is 0.338 e. The molecule has 14 nitrogen and oxygen atoms in total. The van der Waals surface area contributed by atoms with E-state index in [1.807, 2.05) is 20.8 Å². The Hall–Kier alpha value is -2.31. The first-order chi connectivity index (χ1) is 29.0. The summed E-state index contributed by atoms with van der Waals surface area (Å²) in [6.07, 6.45) is -5.21. The van der Waals surface area contributed by atoms with E-state index in [0.717, 1.165) is 43.2 Å². The third kappa shape index (κ3) is 7.98. The number of esters is 1. The van der Waals surface area contributed by atoms with E-state index in [-0.39, 0.29) is 58.9 Å². The second-order valence-corrected chi connectivity index (χ2v) is 19.9. The number of aliphatic hydroxyl groups is 7. The van der Waals surface area contributed by atoms with Crippen LogP contribution in [0.4, 0.5) is 0 Å². The maximum Gasteiger partial charge on any atom is 0.338 e. The van der Waals surface area contributed by atoms with Crippen molar-refractivity contribution < 1.29 is 69.0 Å². The van der Waals surface area contributed by atoms with Crippen molar-refractivity contribution in [2.75, 3.05) is 13.2 Å². The lowest BCUT2D eigenvalue weighted by Gasteiger charge is -2.59. The van der Waals surface area contributed by atoms with E-state index >= 15 is 0 Å². The SMILES string of the molecule is CC(C)=C[C@@H]1[C@@H](C)[C@H]2[C@H](C[C@H]3[C@@H]4CC=C5C[C@@H](O[C@@H]6O[C@H](CO)[C@@H](O)[C@H](O)[C@H]6O[C@@H]6O[C@@H](C)[C@H](OC(=O)c7ccc(C)cc7)[C@@H](O)[C@H]6O)CC[C@]5(C)[C@H]4CC[C@]23CO)O[C@H]1O. The standard InChI is InChI=1S/C47H68O14/c1-22(2)17-30-24(4)35-33(58-43(30)55)19-32-29-12-11-27-18-28(13-15-46(27,6)31(29)14-16-47(32,35)21-49)57-45-41(37(51)36(50)34(20-48)59-45)61-44-39(53)38(52)40(25(5)56-44)60-42(54)26-9-7-23(3)8-10-26/h7-11,17,24-25,28-41,43-45,48-53,55H,12-16,18-21H2,1-6H3/t24-,25+,28+,29-,30-,31+,32+,33+,34-,35+,36-,37+,38+,39-,40+,41-,43-,44+,45-,46+,47-/m1/s1. The maximum atomic E-state index is 12.9. The molecule has 3 heterocycles. The molecule has 340 valence electrons. The van der Waals surface area contributed by atoms with E-state index < -0.39 is 80.3 Å². The lowest BCUT2D eigenvalue weighted by atomic mass is 9.46. The molecule has 0 unspecified atom stereocenters. The van der Waals surface area contributed by atoms with Gasteiger partial charge < -0.3 is 64.2 Å². The van der Waals surface area contributed by atoms with Gasteiger partial charge in [0, 0.05) is 17.9 Å². The minimum Gasteiger partial charge on any atom is -0.453 e. The Morgan fingerprint density at radius 2 is 1.59 bits per heavy atom. The molecule has 0 aromatic heterocycles. The molecule has 61 heavy (non-hydrogen) atoms. The van der Waals surface area contributed by atoms with Crippen LogP contribution in [0.1, 0.15) is 95.5 Å². The summed E-state index contributed by atoms with van der Waals surface area (Å²) in [5, 5.41) is 77.1. The third-order valence-electron chi connectivity index (χ3n) is 16.3. The Morgan fingerprint density at radius 3 is 2.28 bits per heavy atom. The molecule has 0 amide bonds. The average molecular weight is 857 g/mol. The fraction of sp³-hybridized carbons (Fsp3) is 0.766. The molecule has 7 N–H and O–H groups in total. The number of rotatable bonds is 9. The van der Waals surface area contributed by atoms with Crippen LogP contribution in [0.15, 0.2) is 47.6 Å². The maximum absolute atomic E-state index is 12.9. The lowest BCUT2D eigenvalue weighted by Crippen LogP contribution is -2.64. The van der Waals surface area contributed by atoms with Gasteiger partial charge in [0.25, 0.3) is 0 Å². The second kappa shape index (κ2) is 17.6. The minimum atomic E-state index is -1.72. The van der Waals surface area contributed by atoms with Gasteiger partial charge in [0.15, 0.2) is 25.0 Å². The highest BCUT2D eigenvalue weighted by Gasteiger charge is 2.66. The third-order valence-corrected chi connectivity index (χ3v) is 16.3. The zero-order chi connectivity index (χ0) is 43.7. The van der Waals surface area contributed by atoms with Crippen LogP contribution in [0.3, 0.4) is 0 Å². The number of allylic oxidation sites excluding steroid dienone is 2. The van der Waals surface area contributed by atoms with E-state index in [1.54, 1.807) is 31.2 Å². The molecule has 0 radical (unpaired) electrons. The van der Waals surface area contributed by atoms with Crippen LogP contribution < -0.4 is 0 Å². The number of hydrogen-bond donors (Lipinski definition) is 7. The molecule has 0 bridgehead atoms. The van der Waals surface area contributed by atoms with E-state index in [9.17, 15) is 40.5 Å². The Balaban J connectivity index is 0.956. The number of ether oxygens (including phenoxy) is 6. The molecule has 7 aliphatic rings. The van der Waals surface area contributed by atoms with Gasteiger partial charge in [-0.05, 0) is 120 Å². The zero-order valence-corrected chi connectivity index (χ0v) is 36.3. The predicted octanol–water partition coefficient (Wildman–Crippen LogP) is 3.29. The summed E-state index contributed by atoms with van der Waals surface area (Å²) < 4.78 is 36.7. The first kappa shape index (κ1) is 45.3. The number of fused-ring (bicyclic) bond motifs is 7. The molecule has 3 saturated carbocycles. The Bertz CT molecular complexity index is 1780. The summed E-state index contributed by atoms with van der Waals surface area (Å²) in [4.78, 5) is 12.9. The summed E-state index contributed by atoms with van der Waals surface area (Å²) in [5.41, 5.74) is 3.30. The Morgan fingerprint density at radius 1 is 0.869 bits per heavy atom. The first-order valence-corrected chi connectivity index (χ1v) is 22.5. The van der Waals surface area contributed by atoms with Gasteiger partial charge in [0.1, 0.15) is 36.6 Å².